The number of amides is 1. The summed E-state index contributed by atoms with van der Waals surface area (Å²) in [5.74, 6) is 0.252. The van der Waals surface area contributed by atoms with Gasteiger partial charge in [-0.25, -0.2) is 4.99 Å². The minimum atomic E-state index is -0.160. The SMILES string of the molecule is C=CCNC(=O)CN=C(N)N1CCN(c2ccc(Cl)cc2)CC1.I. The maximum Gasteiger partial charge on any atom is 0.242 e. The van der Waals surface area contributed by atoms with Crippen LogP contribution < -0.4 is 16.0 Å². The second kappa shape index (κ2) is 10.4. The lowest BCUT2D eigenvalue weighted by Crippen LogP contribution is -2.51. The van der Waals surface area contributed by atoms with Crippen LogP contribution in [-0.2, 0) is 4.79 Å². The number of nitrogens with zero attached hydrogens (tertiary/aromatic N) is 3. The van der Waals surface area contributed by atoms with Crippen LogP contribution in [0.2, 0.25) is 5.02 Å². The van der Waals surface area contributed by atoms with Crippen LogP contribution in [0.5, 0.6) is 0 Å². The lowest BCUT2D eigenvalue weighted by Gasteiger charge is -2.36. The Bertz CT molecular complexity index is 570. The quantitative estimate of drug-likeness (QED) is 0.302. The Kier molecular flexibility index (Phi) is 8.91. The number of anilines is 1. The molecule has 24 heavy (non-hydrogen) atoms. The highest BCUT2D eigenvalue weighted by atomic mass is 127. The molecule has 6 nitrogen and oxygen atoms in total. The summed E-state index contributed by atoms with van der Waals surface area (Å²) in [5, 5.41) is 3.40. The van der Waals surface area contributed by atoms with Gasteiger partial charge in [0.25, 0.3) is 0 Å². The highest BCUT2D eigenvalue weighted by Crippen LogP contribution is 2.19. The molecule has 0 saturated carbocycles. The maximum atomic E-state index is 11.5. The molecule has 1 saturated heterocycles. The fourth-order valence-corrected chi connectivity index (χ4v) is 2.47. The molecule has 1 aromatic carbocycles. The molecule has 0 radical (unpaired) electrons. The molecule has 0 bridgehead atoms. The van der Waals surface area contributed by atoms with Crippen molar-refractivity contribution in [3.05, 3.63) is 41.9 Å². The minimum absolute atomic E-state index is 0. The third kappa shape index (κ3) is 6.20. The molecule has 2 rings (SSSR count). The highest BCUT2D eigenvalue weighted by molar-refractivity contribution is 14.0. The maximum absolute atomic E-state index is 11.5. The van der Waals surface area contributed by atoms with Gasteiger partial charge in [-0.2, -0.15) is 0 Å². The third-order valence-electron chi connectivity index (χ3n) is 3.62. The van der Waals surface area contributed by atoms with Crippen molar-refractivity contribution in [2.45, 2.75) is 0 Å². The second-order valence-electron chi connectivity index (χ2n) is 5.22. The molecule has 0 atom stereocenters. The zero-order valence-electron chi connectivity index (χ0n) is 13.4. The van der Waals surface area contributed by atoms with Gasteiger partial charge in [-0.05, 0) is 24.3 Å². The number of halogens is 2. The van der Waals surface area contributed by atoms with Gasteiger partial charge in [-0.15, -0.1) is 30.6 Å². The van der Waals surface area contributed by atoms with Crippen LogP contribution in [-0.4, -0.2) is 56.0 Å². The van der Waals surface area contributed by atoms with Gasteiger partial charge in [-0.3, -0.25) is 4.79 Å². The standard InChI is InChI=1S/C16H22ClN5O.HI/c1-2-7-19-15(23)12-20-16(18)22-10-8-21(9-11-22)14-5-3-13(17)4-6-14;/h2-6H,1,7-12H2,(H2,18,20)(H,19,23);1H. The molecule has 8 heteroatoms. The first-order chi connectivity index (χ1) is 11.1. The van der Waals surface area contributed by atoms with Crippen LogP contribution in [0.3, 0.4) is 0 Å². The third-order valence-corrected chi connectivity index (χ3v) is 3.88. The Morgan fingerprint density at radius 2 is 1.92 bits per heavy atom. The van der Waals surface area contributed by atoms with Crippen molar-refractivity contribution in [2.24, 2.45) is 10.7 Å². The molecule has 0 aromatic heterocycles. The van der Waals surface area contributed by atoms with Gasteiger partial charge in [0.1, 0.15) is 6.54 Å². The summed E-state index contributed by atoms with van der Waals surface area (Å²) in [6, 6.07) is 7.81. The molecule has 1 fully saturated rings. The van der Waals surface area contributed by atoms with Gasteiger partial charge in [0.15, 0.2) is 5.96 Å². The number of guanidine groups is 1. The van der Waals surface area contributed by atoms with Crippen molar-refractivity contribution in [3.8, 4) is 0 Å². The van der Waals surface area contributed by atoms with Gasteiger partial charge < -0.3 is 20.9 Å². The smallest absolute Gasteiger partial charge is 0.242 e. The van der Waals surface area contributed by atoms with E-state index in [9.17, 15) is 4.79 Å². The Balaban J connectivity index is 0.00000288. The summed E-state index contributed by atoms with van der Waals surface area (Å²) in [6.45, 7) is 7.26. The molecule has 1 amide bonds. The van der Waals surface area contributed by atoms with Crippen molar-refractivity contribution in [2.75, 3.05) is 44.2 Å². The zero-order valence-corrected chi connectivity index (χ0v) is 16.5. The predicted molar refractivity (Wildman–Crippen MR) is 110 cm³/mol. The largest absolute Gasteiger partial charge is 0.370 e. The van der Waals surface area contributed by atoms with E-state index in [0.29, 0.717) is 12.5 Å². The average Bonchev–Trinajstić information content (AvgIpc) is 2.58. The number of carbonyl (C=O) groups excluding carboxylic acids is 1. The Morgan fingerprint density at radius 1 is 1.29 bits per heavy atom. The van der Waals surface area contributed by atoms with Crippen molar-refractivity contribution < 1.29 is 4.79 Å². The minimum Gasteiger partial charge on any atom is -0.370 e. The van der Waals surface area contributed by atoms with Crippen LogP contribution in [0.4, 0.5) is 5.69 Å². The summed E-state index contributed by atoms with van der Waals surface area (Å²) in [5.41, 5.74) is 7.12. The summed E-state index contributed by atoms with van der Waals surface area (Å²) in [4.78, 5) is 19.9. The van der Waals surface area contributed by atoms with E-state index in [1.165, 1.54) is 0 Å². The molecule has 0 unspecified atom stereocenters. The van der Waals surface area contributed by atoms with Crippen LogP contribution in [0.15, 0.2) is 41.9 Å². The second-order valence-corrected chi connectivity index (χ2v) is 5.65. The van der Waals surface area contributed by atoms with Crippen molar-refractivity contribution in [1.82, 2.24) is 10.2 Å². The van der Waals surface area contributed by atoms with Crippen molar-refractivity contribution >= 4 is 53.1 Å². The van der Waals surface area contributed by atoms with E-state index in [1.54, 1.807) is 6.08 Å². The van der Waals surface area contributed by atoms with Gasteiger partial charge in [0.2, 0.25) is 5.91 Å². The molecule has 0 aliphatic carbocycles. The first-order valence-electron chi connectivity index (χ1n) is 7.53. The molecule has 1 heterocycles. The van der Waals surface area contributed by atoms with Gasteiger partial charge in [0.05, 0.1) is 0 Å². The Morgan fingerprint density at radius 3 is 2.50 bits per heavy atom. The first kappa shape index (κ1) is 20.6. The van der Waals surface area contributed by atoms with Crippen LogP contribution in [0, 0.1) is 0 Å². The van der Waals surface area contributed by atoms with Crippen molar-refractivity contribution in [3.63, 3.8) is 0 Å². The molecule has 132 valence electrons. The number of hydrogen-bond donors (Lipinski definition) is 2. The fourth-order valence-electron chi connectivity index (χ4n) is 2.34. The van der Waals surface area contributed by atoms with Gasteiger partial charge >= 0.3 is 0 Å². The van der Waals surface area contributed by atoms with Crippen molar-refractivity contribution in [1.29, 1.82) is 0 Å². The van der Waals surface area contributed by atoms with Crippen LogP contribution >= 0.6 is 35.6 Å². The summed E-state index contributed by atoms with van der Waals surface area (Å²) >= 11 is 5.91. The zero-order chi connectivity index (χ0) is 16.7. The van der Waals surface area contributed by atoms with E-state index in [1.807, 2.05) is 29.2 Å². The van der Waals surface area contributed by atoms with Crippen LogP contribution in [0.1, 0.15) is 0 Å². The normalized spacial score (nSPS) is 14.8. The predicted octanol–water partition coefficient (Wildman–Crippen LogP) is 1.70. The number of nitrogens with one attached hydrogen (secondary N) is 1. The summed E-state index contributed by atoms with van der Waals surface area (Å²) < 4.78 is 0. The van der Waals surface area contributed by atoms with E-state index in [2.05, 4.69) is 21.8 Å². The number of hydrogen-bond acceptors (Lipinski definition) is 3. The number of piperazine rings is 1. The number of benzene rings is 1. The molecule has 3 N–H and O–H groups in total. The van der Waals surface area contributed by atoms with Gasteiger partial charge in [-0.1, -0.05) is 17.7 Å². The van der Waals surface area contributed by atoms with Gasteiger partial charge in [0, 0.05) is 43.4 Å². The monoisotopic (exact) mass is 463 g/mol. The van der Waals surface area contributed by atoms with E-state index in [0.717, 1.165) is 36.9 Å². The molecule has 1 aliphatic heterocycles. The Hall–Kier alpha value is -1.48. The molecule has 1 aromatic rings. The molecular weight excluding hydrogens is 441 g/mol. The Labute approximate surface area is 164 Å². The number of nitrogens with two attached hydrogens (primary N) is 1. The van der Waals surface area contributed by atoms with E-state index in [4.69, 9.17) is 17.3 Å². The molecule has 1 aliphatic rings. The summed E-state index contributed by atoms with van der Waals surface area (Å²) in [7, 11) is 0. The topological polar surface area (TPSA) is 74.0 Å². The van der Waals surface area contributed by atoms with E-state index >= 15 is 0 Å². The van der Waals surface area contributed by atoms with E-state index in [-0.39, 0.29) is 36.4 Å². The highest BCUT2D eigenvalue weighted by Gasteiger charge is 2.18. The number of aliphatic imine (C=N–C) groups is 1. The lowest BCUT2D eigenvalue weighted by atomic mass is 10.2. The fraction of sp³-hybridized carbons (Fsp3) is 0.375. The molecule has 0 spiro atoms. The first-order valence-corrected chi connectivity index (χ1v) is 7.91. The number of rotatable bonds is 5. The number of carbonyl (C=O) groups is 1. The van der Waals surface area contributed by atoms with Crippen LogP contribution in [0.25, 0.3) is 0 Å². The van der Waals surface area contributed by atoms with E-state index < -0.39 is 0 Å². The lowest BCUT2D eigenvalue weighted by molar-refractivity contribution is -0.119. The molecular formula is C16H23ClIN5O. The summed E-state index contributed by atoms with van der Waals surface area (Å²) in [6.07, 6.45) is 1.63. The average molecular weight is 464 g/mol.